The second kappa shape index (κ2) is 20.7. The fraction of sp³-hybridized carbons (Fsp3) is 0.205. The van der Waals surface area contributed by atoms with E-state index in [1.165, 1.54) is 39.2 Å². The van der Waals surface area contributed by atoms with E-state index in [0.29, 0.717) is 56.6 Å². The van der Waals surface area contributed by atoms with E-state index in [9.17, 15) is 24.0 Å². The average Bonchev–Trinajstić information content (AvgIpc) is 3.57. The van der Waals surface area contributed by atoms with Gasteiger partial charge in [-0.2, -0.15) is 0 Å². The first-order chi connectivity index (χ1) is 28.5. The standard InChI is InChI=1S/C44H44N4O9S2/c1-7-36(41(51)48-43-37(44(53)57-8-2)26(3)38(59-43)42(52)45-29-18-13-10-14-19-29)58-31-21-15-20-30(24-31)46-40(50)32(47-39(49)27-16-11-9-12-17-27)22-28-23-34(55-5)35(56-6)25-33(28)54-4/h9-25,36H,7-8H2,1-6H3,(H,45,52)(H,46,50)(H,47,49)(H,48,51)/b32-22+. The third-order valence-corrected chi connectivity index (χ3v) is 11.3. The number of thioether (sulfide) groups is 1. The molecule has 0 bridgehead atoms. The van der Waals surface area contributed by atoms with E-state index >= 15 is 0 Å². The molecule has 0 fully saturated rings. The maximum atomic E-state index is 13.9. The second-order valence-electron chi connectivity index (χ2n) is 12.6. The van der Waals surface area contributed by atoms with E-state index in [-0.39, 0.29) is 27.7 Å². The molecular weight excluding hydrogens is 793 g/mol. The van der Waals surface area contributed by atoms with Crippen LogP contribution in [0.25, 0.3) is 6.08 Å². The zero-order chi connectivity index (χ0) is 42.5. The number of nitrogens with one attached hydrogen (secondary N) is 4. The Hall–Kier alpha value is -6.58. The SMILES string of the molecule is CCOC(=O)c1c(NC(=O)C(CC)Sc2cccc(NC(=O)/C(=C\c3cc(OC)c(OC)cc3OC)NC(=O)c3ccccc3)c2)sc(C(=O)Nc2ccccc2)c1C. The predicted molar refractivity (Wildman–Crippen MR) is 231 cm³/mol. The number of amides is 4. The van der Waals surface area contributed by atoms with Crippen molar-refractivity contribution < 1.29 is 42.9 Å². The summed E-state index contributed by atoms with van der Waals surface area (Å²) in [6, 6.07) is 27.5. The number of anilines is 3. The molecule has 1 unspecified atom stereocenters. The number of carbonyl (C=O) groups excluding carboxylic acids is 5. The Bertz CT molecular complexity index is 2350. The zero-order valence-electron chi connectivity index (χ0n) is 33.3. The van der Waals surface area contributed by atoms with Gasteiger partial charge in [0.05, 0.1) is 43.6 Å². The van der Waals surface area contributed by atoms with Crippen LogP contribution in [-0.2, 0) is 14.3 Å². The monoisotopic (exact) mass is 836 g/mol. The van der Waals surface area contributed by atoms with Crippen molar-refractivity contribution in [2.45, 2.75) is 37.3 Å². The van der Waals surface area contributed by atoms with Crippen molar-refractivity contribution in [3.05, 3.63) is 130 Å². The van der Waals surface area contributed by atoms with Crippen molar-refractivity contribution in [3.63, 3.8) is 0 Å². The van der Waals surface area contributed by atoms with Crippen molar-refractivity contribution in [3.8, 4) is 17.2 Å². The van der Waals surface area contributed by atoms with Gasteiger partial charge in [0, 0.05) is 33.5 Å². The fourth-order valence-corrected chi connectivity index (χ4v) is 7.87. The molecule has 1 atom stereocenters. The highest BCUT2D eigenvalue weighted by Crippen LogP contribution is 2.37. The lowest BCUT2D eigenvalue weighted by Crippen LogP contribution is -2.30. The van der Waals surface area contributed by atoms with Crippen LogP contribution in [0.2, 0.25) is 0 Å². The summed E-state index contributed by atoms with van der Waals surface area (Å²) in [7, 11) is 4.44. The molecule has 1 heterocycles. The summed E-state index contributed by atoms with van der Waals surface area (Å²) >= 11 is 2.24. The Morgan fingerprint density at radius 3 is 2.02 bits per heavy atom. The molecule has 5 aromatic rings. The number of benzene rings is 4. The maximum Gasteiger partial charge on any atom is 0.341 e. The molecule has 59 heavy (non-hydrogen) atoms. The number of para-hydroxylation sites is 1. The van der Waals surface area contributed by atoms with Gasteiger partial charge < -0.3 is 40.2 Å². The van der Waals surface area contributed by atoms with Crippen molar-refractivity contribution >= 4 is 75.1 Å². The van der Waals surface area contributed by atoms with Gasteiger partial charge >= 0.3 is 5.97 Å². The van der Waals surface area contributed by atoms with Crippen LogP contribution in [0, 0.1) is 6.92 Å². The lowest BCUT2D eigenvalue weighted by molar-refractivity contribution is -0.116. The highest BCUT2D eigenvalue weighted by atomic mass is 32.2. The molecular formula is C44H44N4O9S2. The van der Waals surface area contributed by atoms with E-state index in [1.54, 1.807) is 105 Å². The molecule has 4 N–H and O–H groups in total. The molecule has 0 radical (unpaired) electrons. The van der Waals surface area contributed by atoms with Gasteiger partial charge in [0.25, 0.3) is 17.7 Å². The Kier molecular flexibility index (Phi) is 15.3. The third kappa shape index (κ3) is 11.1. The molecule has 0 aliphatic rings. The molecule has 1 aromatic heterocycles. The van der Waals surface area contributed by atoms with Gasteiger partial charge in [0.1, 0.15) is 16.4 Å². The molecule has 0 aliphatic carbocycles. The van der Waals surface area contributed by atoms with Gasteiger partial charge in [-0.15, -0.1) is 23.1 Å². The average molecular weight is 837 g/mol. The minimum Gasteiger partial charge on any atom is -0.496 e. The van der Waals surface area contributed by atoms with Gasteiger partial charge in [-0.1, -0.05) is 49.4 Å². The fourth-order valence-electron chi connectivity index (χ4n) is 5.76. The van der Waals surface area contributed by atoms with Crippen LogP contribution in [0.1, 0.15) is 61.8 Å². The number of ether oxygens (including phenoxy) is 4. The first-order valence-electron chi connectivity index (χ1n) is 18.4. The quantitative estimate of drug-likeness (QED) is 0.0405. The number of carbonyl (C=O) groups is 5. The predicted octanol–water partition coefficient (Wildman–Crippen LogP) is 8.43. The molecule has 13 nitrogen and oxygen atoms in total. The summed E-state index contributed by atoms with van der Waals surface area (Å²) in [4.78, 5) is 68.4. The Balaban J connectivity index is 1.38. The van der Waals surface area contributed by atoms with E-state index in [2.05, 4.69) is 21.3 Å². The molecule has 5 rings (SSSR count). The Morgan fingerprint density at radius 2 is 1.37 bits per heavy atom. The zero-order valence-corrected chi connectivity index (χ0v) is 34.9. The second-order valence-corrected chi connectivity index (χ2v) is 14.9. The smallest absolute Gasteiger partial charge is 0.341 e. The lowest BCUT2D eigenvalue weighted by Gasteiger charge is -2.16. The number of thiophene rings is 1. The number of esters is 1. The first-order valence-corrected chi connectivity index (χ1v) is 20.1. The van der Waals surface area contributed by atoms with Crippen LogP contribution in [0.15, 0.2) is 108 Å². The minimum absolute atomic E-state index is 0.0892. The van der Waals surface area contributed by atoms with Gasteiger partial charge in [0.2, 0.25) is 5.91 Å². The van der Waals surface area contributed by atoms with E-state index in [4.69, 9.17) is 18.9 Å². The molecule has 306 valence electrons. The summed E-state index contributed by atoms with van der Waals surface area (Å²) < 4.78 is 21.7. The molecule has 4 aromatic carbocycles. The van der Waals surface area contributed by atoms with Crippen molar-refractivity contribution in [2.24, 2.45) is 0 Å². The number of methoxy groups -OCH3 is 3. The molecule has 0 saturated carbocycles. The summed E-state index contributed by atoms with van der Waals surface area (Å²) in [5.41, 5.74) is 2.15. The van der Waals surface area contributed by atoms with Crippen LogP contribution >= 0.6 is 23.1 Å². The number of hydrogen-bond donors (Lipinski definition) is 4. The van der Waals surface area contributed by atoms with Crippen LogP contribution < -0.4 is 35.5 Å². The highest BCUT2D eigenvalue weighted by molar-refractivity contribution is 8.00. The van der Waals surface area contributed by atoms with Gasteiger partial charge in [-0.3, -0.25) is 19.2 Å². The van der Waals surface area contributed by atoms with Crippen LogP contribution in [0.5, 0.6) is 17.2 Å². The lowest BCUT2D eigenvalue weighted by atomic mass is 10.1. The highest BCUT2D eigenvalue weighted by Gasteiger charge is 2.29. The summed E-state index contributed by atoms with van der Waals surface area (Å²) in [6.07, 6.45) is 1.87. The van der Waals surface area contributed by atoms with Crippen LogP contribution in [0.4, 0.5) is 16.4 Å². The normalized spacial score (nSPS) is 11.5. The van der Waals surface area contributed by atoms with Gasteiger partial charge in [-0.25, -0.2) is 4.79 Å². The Morgan fingerprint density at radius 1 is 0.729 bits per heavy atom. The molecule has 0 spiro atoms. The number of rotatable bonds is 17. The number of hydrogen-bond acceptors (Lipinski definition) is 11. The Labute approximate surface area is 350 Å². The molecule has 15 heteroatoms. The molecule has 0 saturated heterocycles. The van der Waals surface area contributed by atoms with E-state index < -0.39 is 34.8 Å². The summed E-state index contributed by atoms with van der Waals surface area (Å²) in [6.45, 7) is 5.27. The third-order valence-electron chi connectivity index (χ3n) is 8.70. The minimum atomic E-state index is -0.655. The largest absolute Gasteiger partial charge is 0.496 e. The topological polar surface area (TPSA) is 170 Å². The van der Waals surface area contributed by atoms with Gasteiger partial charge in [-0.05, 0) is 80.4 Å². The van der Waals surface area contributed by atoms with E-state index in [1.807, 2.05) is 13.0 Å². The molecule has 0 aliphatic heterocycles. The maximum absolute atomic E-state index is 13.9. The van der Waals surface area contributed by atoms with Crippen LogP contribution in [-0.4, -0.2) is 62.8 Å². The van der Waals surface area contributed by atoms with E-state index in [0.717, 1.165) is 11.3 Å². The molecule has 4 amide bonds. The van der Waals surface area contributed by atoms with Crippen LogP contribution in [0.3, 0.4) is 0 Å². The van der Waals surface area contributed by atoms with Gasteiger partial charge in [0.15, 0.2) is 11.5 Å². The van der Waals surface area contributed by atoms with Crippen molar-refractivity contribution in [1.82, 2.24) is 5.32 Å². The van der Waals surface area contributed by atoms with Crippen molar-refractivity contribution in [2.75, 3.05) is 43.9 Å². The van der Waals surface area contributed by atoms with Crippen molar-refractivity contribution in [1.29, 1.82) is 0 Å². The first kappa shape index (κ1) is 43.5. The summed E-state index contributed by atoms with van der Waals surface area (Å²) in [5.74, 6) is -1.46. The summed E-state index contributed by atoms with van der Waals surface area (Å²) in [5, 5.41) is 10.9.